The molecular weight excluding hydrogens is 290 g/mol. The Bertz CT molecular complexity index is 620. The van der Waals surface area contributed by atoms with E-state index in [-0.39, 0.29) is 5.91 Å². The van der Waals surface area contributed by atoms with Gasteiger partial charge in [0.2, 0.25) is 0 Å². The maximum Gasteiger partial charge on any atom is 0.267 e. The first-order valence-corrected chi connectivity index (χ1v) is 8.79. The van der Waals surface area contributed by atoms with Crippen LogP contribution in [0.25, 0.3) is 10.9 Å². The largest absolute Gasteiger partial charge is 0.397 e. The van der Waals surface area contributed by atoms with Gasteiger partial charge >= 0.3 is 0 Å². The number of amides is 1. The summed E-state index contributed by atoms with van der Waals surface area (Å²) in [6.07, 6.45) is 0. The molecule has 0 bridgehead atoms. The van der Waals surface area contributed by atoms with E-state index in [0.717, 1.165) is 23.2 Å². The van der Waals surface area contributed by atoms with E-state index in [9.17, 15) is 4.79 Å². The minimum atomic E-state index is -0.0585. The Balaban J connectivity index is 1.67. The average Bonchev–Trinajstić information content (AvgIpc) is 2.91. The fraction of sp³-hybridized carbons (Fsp3) is 0.357. The Morgan fingerprint density at radius 3 is 3.10 bits per heavy atom. The first-order valence-electron chi connectivity index (χ1n) is 6.59. The molecule has 0 radical (unpaired) electrons. The minimum Gasteiger partial charge on any atom is -0.397 e. The van der Waals surface area contributed by atoms with Gasteiger partial charge in [0.25, 0.3) is 5.91 Å². The van der Waals surface area contributed by atoms with Crippen LogP contribution < -0.4 is 11.1 Å². The summed E-state index contributed by atoms with van der Waals surface area (Å²) >= 11 is 3.90. The Morgan fingerprint density at radius 1 is 1.45 bits per heavy atom. The molecule has 1 atom stereocenters. The van der Waals surface area contributed by atoms with Crippen molar-refractivity contribution in [1.82, 2.24) is 10.3 Å². The molecule has 1 aliphatic heterocycles. The van der Waals surface area contributed by atoms with Gasteiger partial charge in [0.1, 0.15) is 5.69 Å². The number of anilines is 1. The molecule has 4 N–H and O–H groups in total. The summed E-state index contributed by atoms with van der Waals surface area (Å²) in [6.45, 7) is 0.724. The maximum absolute atomic E-state index is 12.2. The molecule has 1 unspecified atom stereocenters. The standard InChI is InChI=1S/C14H17N3OS2/c15-11-3-1-2-9-6-12(17-13(9)11)14(18)16-7-10-8-19-4-5-20-10/h1-3,6,10,17H,4-5,7-8,15H2,(H,16,18). The molecule has 0 aliphatic carbocycles. The number of nitrogens with one attached hydrogen (secondary N) is 2. The maximum atomic E-state index is 12.2. The number of nitrogen functional groups attached to an aromatic ring is 1. The summed E-state index contributed by atoms with van der Waals surface area (Å²) in [4.78, 5) is 15.3. The molecule has 1 fully saturated rings. The van der Waals surface area contributed by atoms with E-state index in [1.54, 1.807) is 0 Å². The molecule has 20 heavy (non-hydrogen) atoms. The number of rotatable bonds is 3. The SMILES string of the molecule is Nc1cccc2cc(C(=O)NCC3CSCCS3)[nH]c12. The molecule has 2 aromatic rings. The normalized spacial score (nSPS) is 19.1. The van der Waals surface area contributed by atoms with Crippen LogP contribution in [-0.2, 0) is 0 Å². The fourth-order valence-corrected chi connectivity index (χ4v) is 4.87. The molecule has 1 saturated heterocycles. The third-order valence-corrected chi connectivity index (χ3v) is 6.15. The summed E-state index contributed by atoms with van der Waals surface area (Å²) < 4.78 is 0. The van der Waals surface area contributed by atoms with Gasteiger partial charge in [-0.25, -0.2) is 0 Å². The van der Waals surface area contributed by atoms with Crippen molar-refractivity contribution < 1.29 is 4.79 Å². The zero-order valence-corrected chi connectivity index (χ0v) is 12.7. The van der Waals surface area contributed by atoms with E-state index in [4.69, 9.17) is 5.73 Å². The third-order valence-electron chi connectivity index (χ3n) is 3.31. The molecule has 1 aliphatic rings. The highest BCUT2D eigenvalue weighted by Crippen LogP contribution is 2.24. The molecule has 1 aromatic heterocycles. The van der Waals surface area contributed by atoms with Crippen molar-refractivity contribution in [2.45, 2.75) is 5.25 Å². The van der Waals surface area contributed by atoms with E-state index < -0.39 is 0 Å². The molecule has 1 aromatic carbocycles. The lowest BCUT2D eigenvalue weighted by molar-refractivity contribution is 0.0950. The predicted molar refractivity (Wildman–Crippen MR) is 88.6 cm³/mol. The Hall–Kier alpha value is -1.27. The highest BCUT2D eigenvalue weighted by molar-refractivity contribution is 8.06. The Labute approximate surface area is 126 Å². The number of aromatic amines is 1. The van der Waals surface area contributed by atoms with Crippen molar-refractivity contribution in [3.8, 4) is 0 Å². The van der Waals surface area contributed by atoms with E-state index in [1.165, 1.54) is 11.5 Å². The van der Waals surface area contributed by atoms with Crippen LogP contribution in [0.5, 0.6) is 0 Å². The van der Waals surface area contributed by atoms with Gasteiger partial charge in [-0.05, 0) is 12.1 Å². The number of hydrogen-bond acceptors (Lipinski definition) is 4. The summed E-state index contributed by atoms with van der Waals surface area (Å²) in [5.74, 6) is 3.45. The number of carbonyl (C=O) groups is 1. The summed E-state index contributed by atoms with van der Waals surface area (Å²) in [5, 5.41) is 4.49. The molecule has 1 amide bonds. The first-order chi connectivity index (χ1) is 9.74. The zero-order chi connectivity index (χ0) is 13.9. The number of thioether (sulfide) groups is 2. The highest BCUT2D eigenvalue weighted by atomic mass is 32.2. The Kier molecular flexibility index (Phi) is 4.12. The number of fused-ring (bicyclic) bond motifs is 1. The van der Waals surface area contributed by atoms with Crippen LogP contribution in [-0.4, -0.2) is 39.9 Å². The second kappa shape index (κ2) is 6.01. The van der Waals surface area contributed by atoms with Gasteiger partial charge in [-0.15, -0.1) is 0 Å². The highest BCUT2D eigenvalue weighted by Gasteiger charge is 2.16. The van der Waals surface area contributed by atoms with E-state index >= 15 is 0 Å². The number of carbonyl (C=O) groups excluding carboxylic acids is 1. The van der Waals surface area contributed by atoms with Gasteiger partial charge < -0.3 is 16.0 Å². The van der Waals surface area contributed by atoms with Crippen molar-refractivity contribution in [2.24, 2.45) is 0 Å². The molecule has 106 valence electrons. The van der Waals surface area contributed by atoms with Gasteiger partial charge in [0.05, 0.1) is 11.2 Å². The average molecular weight is 307 g/mol. The lowest BCUT2D eigenvalue weighted by atomic mass is 10.2. The summed E-state index contributed by atoms with van der Waals surface area (Å²) in [5.41, 5.74) is 7.97. The molecule has 4 nitrogen and oxygen atoms in total. The quantitative estimate of drug-likeness (QED) is 0.761. The lowest BCUT2D eigenvalue weighted by Crippen LogP contribution is -2.33. The number of para-hydroxylation sites is 1. The van der Waals surface area contributed by atoms with Crippen LogP contribution in [0.2, 0.25) is 0 Å². The summed E-state index contributed by atoms with van der Waals surface area (Å²) in [6, 6.07) is 7.52. The van der Waals surface area contributed by atoms with Crippen LogP contribution in [0.3, 0.4) is 0 Å². The van der Waals surface area contributed by atoms with Gasteiger partial charge in [-0.3, -0.25) is 4.79 Å². The van der Waals surface area contributed by atoms with Crippen molar-refractivity contribution in [1.29, 1.82) is 0 Å². The predicted octanol–water partition coefficient (Wildman–Crippen LogP) is 2.33. The molecule has 3 rings (SSSR count). The Morgan fingerprint density at radius 2 is 2.35 bits per heavy atom. The molecule has 6 heteroatoms. The van der Waals surface area contributed by atoms with Crippen molar-refractivity contribution in [3.05, 3.63) is 30.0 Å². The number of hydrogen-bond donors (Lipinski definition) is 3. The monoisotopic (exact) mass is 307 g/mol. The lowest BCUT2D eigenvalue weighted by Gasteiger charge is -2.20. The van der Waals surface area contributed by atoms with Gasteiger partial charge in [-0.1, -0.05) is 12.1 Å². The molecular formula is C14H17N3OS2. The third kappa shape index (κ3) is 2.91. The number of H-pyrrole nitrogens is 1. The molecule has 0 spiro atoms. The molecule has 2 heterocycles. The van der Waals surface area contributed by atoms with Gasteiger partial charge in [0.15, 0.2) is 0 Å². The van der Waals surface area contributed by atoms with E-state index in [1.807, 2.05) is 47.8 Å². The van der Waals surface area contributed by atoms with Crippen LogP contribution in [0.1, 0.15) is 10.5 Å². The van der Waals surface area contributed by atoms with E-state index in [2.05, 4.69) is 10.3 Å². The summed E-state index contributed by atoms with van der Waals surface area (Å²) in [7, 11) is 0. The van der Waals surface area contributed by atoms with Crippen LogP contribution in [0.15, 0.2) is 24.3 Å². The number of aromatic nitrogens is 1. The van der Waals surface area contributed by atoms with Crippen LogP contribution >= 0.6 is 23.5 Å². The van der Waals surface area contributed by atoms with Crippen molar-refractivity contribution in [3.63, 3.8) is 0 Å². The van der Waals surface area contributed by atoms with Gasteiger partial charge in [-0.2, -0.15) is 23.5 Å². The first kappa shape index (κ1) is 13.7. The van der Waals surface area contributed by atoms with Gasteiger partial charge in [0, 0.05) is 34.4 Å². The van der Waals surface area contributed by atoms with E-state index in [0.29, 0.717) is 16.6 Å². The van der Waals surface area contributed by atoms with Crippen molar-refractivity contribution >= 4 is 46.0 Å². The fourth-order valence-electron chi connectivity index (χ4n) is 2.26. The zero-order valence-electron chi connectivity index (χ0n) is 11.0. The number of nitrogens with two attached hydrogens (primary N) is 1. The van der Waals surface area contributed by atoms with Crippen molar-refractivity contribution in [2.75, 3.05) is 29.5 Å². The smallest absolute Gasteiger partial charge is 0.267 e. The second-order valence-corrected chi connectivity index (χ2v) is 7.33. The van der Waals surface area contributed by atoms with Crippen LogP contribution in [0.4, 0.5) is 5.69 Å². The molecule has 0 saturated carbocycles. The minimum absolute atomic E-state index is 0.0585. The van der Waals surface area contributed by atoms with Crippen LogP contribution in [0, 0.1) is 0 Å². The second-order valence-electron chi connectivity index (χ2n) is 4.77. The number of benzene rings is 1. The topological polar surface area (TPSA) is 70.9 Å².